The molecule has 0 aliphatic carbocycles. The van der Waals surface area contributed by atoms with Gasteiger partial charge in [-0.15, -0.1) is 12.3 Å². The largest absolute Gasteiger partial charge is 0.297 e. The molecular weight excluding hydrogens is 266 g/mol. The summed E-state index contributed by atoms with van der Waals surface area (Å²) < 4.78 is 0. The summed E-state index contributed by atoms with van der Waals surface area (Å²) in [5, 5.41) is 0. The predicted octanol–water partition coefficient (Wildman–Crippen LogP) is 6.09. The van der Waals surface area contributed by atoms with Crippen LogP contribution in [0.4, 0.5) is 0 Å². The van der Waals surface area contributed by atoms with Gasteiger partial charge in [0.1, 0.15) is 0 Å². The highest BCUT2D eigenvalue weighted by Gasteiger charge is 2.31. The van der Waals surface area contributed by atoms with Crippen molar-refractivity contribution in [2.45, 2.75) is 74.7 Å². The minimum Gasteiger partial charge on any atom is -0.297 e. The molecule has 0 bridgehead atoms. The first-order chi connectivity index (χ1) is 10.1. The van der Waals surface area contributed by atoms with Gasteiger partial charge in [-0.2, -0.15) is 0 Å². The third kappa shape index (κ3) is 6.15. The van der Waals surface area contributed by atoms with Gasteiger partial charge in [-0.05, 0) is 36.0 Å². The zero-order valence-corrected chi connectivity index (χ0v) is 16.5. The number of terminal acetylenes is 1. The fourth-order valence-electron chi connectivity index (χ4n) is 4.17. The number of hydrogen-bond donors (Lipinski definition) is 0. The van der Waals surface area contributed by atoms with Crippen LogP contribution in [0.2, 0.25) is 0 Å². The standard InChI is InChI=1S/C21H39N/c1-11-19(16(5)6)18(8)20(22-10)17(7)14-21(9,12-2)13-15(3)4/h1,15-19H,12-14H2,2-10H3. The maximum atomic E-state index is 5.78. The van der Waals surface area contributed by atoms with Gasteiger partial charge in [0, 0.05) is 24.6 Å². The Morgan fingerprint density at radius 1 is 1.09 bits per heavy atom. The summed E-state index contributed by atoms with van der Waals surface area (Å²) >= 11 is 0. The molecule has 0 amide bonds. The summed E-state index contributed by atoms with van der Waals surface area (Å²) in [6.45, 7) is 18.4. The average Bonchev–Trinajstić information content (AvgIpc) is 2.38. The SMILES string of the molecule is C#CC(C(C)C)C(C)C(=NC)C(C)CC(C)(CC)CC(C)C. The van der Waals surface area contributed by atoms with E-state index in [1.165, 1.54) is 25.0 Å². The van der Waals surface area contributed by atoms with Gasteiger partial charge in [-0.25, -0.2) is 0 Å². The average molecular weight is 306 g/mol. The molecule has 0 heterocycles. The van der Waals surface area contributed by atoms with Crippen LogP contribution < -0.4 is 0 Å². The lowest BCUT2D eigenvalue weighted by Crippen LogP contribution is -2.32. The van der Waals surface area contributed by atoms with Crippen molar-refractivity contribution in [1.29, 1.82) is 0 Å². The first-order valence-electron chi connectivity index (χ1n) is 9.04. The molecule has 0 fully saturated rings. The van der Waals surface area contributed by atoms with E-state index < -0.39 is 0 Å². The lowest BCUT2D eigenvalue weighted by Gasteiger charge is -2.35. The van der Waals surface area contributed by atoms with E-state index in [1.54, 1.807) is 0 Å². The lowest BCUT2D eigenvalue weighted by atomic mass is 9.70. The third-order valence-corrected chi connectivity index (χ3v) is 5.23. The van der Waals surface area contributed by atoms with Gasteiger partial charge in [0.25, 0.3) is 0 Å². The van der Waals surface area contributed by atoms with Gasteiger partial charge in [-0.1, -0.05) is 61.8 Å². The Kier molecular flexibility index (Phi) is 9.06. The van der Waals surface area contributed by atoms with Gasteiger partial charge in [0.15, 0.2) is 0 Å². The molecule has 0 aliphatic heterocycles. The maximum absolute atomic E-state index is 5.78. The molecule has 1 nitrogen and oxygen atoms in total. The molecule has 0 N–H and O–H groups in total. The van der Waals surface area contributed by atoms with Crippen molar-refractivity contribution in [3.8, 4) is 12.3 Å². The van der Waals surface area contributed by atoms with E-state index in [9.17, 15) is 0 Å². The van der Waals surface area contributed by atoms with E-state index >= 15 is 0 Å². The van der Waals surface area contributed by atoms with Gasteiger partial charge in [0.2, 0.25) is 0 Å². The molecule has 4 unspecified atom stereocenters. The molecule has 0 rings (SSSR count). The van der Waals surface area contributed by atoms with E-state index in [0.717, 1.165) is 5.92 Å². The van der Waals surface area contributed by atoms with Crippen LogP contribution in [0.5, 0.6) is 0 Å². The monoisotopic (exact) mass is 305 g/mol. The zero-order valence-electron chi connectivity index (χ0n) is 16.5. The van der Waals surface area contributed by atoms with Gasteiger partial charge >= 0.3 is 0 Å². The van der Waals surface area contributed by atoms with Crippen LogP contribution in [0.3, 0.4) is 0 Å². The second-order valence-electron chi connectivity index (χ2n) is 8.24. The summed E-state index contributed by atoms with van der Waals surface area (Å²) in [6.07, 6.45) is 9.49. The Hall–Kier alpha value is -0.770. The highest BCUT2D eigenvalue weighted by atomic mass is 14.7. The topological polar surface area (TPSA) is 12.4 Å². The molecule has 1 heteroatoms. The van der Waals surface area contributed by atoms with E-state index in [-0.39, 0.29) is 5.92 Å². The van der Waals surface area contributed by atoms with Crippen LogP contribution in [0.1, 0.15) is 74.7 Å². The second kappa shape index (κ2) is 9.39. The van der Waals surface area contributed by atoms with Crippen molar-refractivity contribution in [2.24, 2.45) is 40.0 Å². The van der Waals surface area contributed by atoms with E-state index in [0.29, 0.717) is 23.2 Å². The van der Waals surface area contributed by atoms with Crippen molar-refractivity contribution in [3.05, 3.63) is 0 Å². The van der Waals surface area contributed by atoms with Crippen molar-refractivity contribution in [1.82, 2.24) is 0 Å². The Morgan fingerprint density at radius 3 is 1.95 bits per heavy atom. The van der Waals surface area contributed by atoms with Crippen LogP contribution in [0, 0.1) is 47.3 Å². The first kappa shape index (κ1) is 21.2. The maximum Gasteiger partial charge on any atom is 0.0300 e. The molecule has 0 aliphatic rings. The quantitative estimate of drug-likeness (QED) is 0.361. The Morgan fingerprint density at radius 2 is 1.64 bits per heavy atom. The summed E-state index contributed by atoms with van der Waals surface area (Å²) in [7, 11) is 1.93. The molecule has 0 aromatic carbocycles. The number of rotatable bonds is 9. The molecule has 0 aromatic rings. The minimum absolute atomic E-state index is 0.277. The van der Waals surface area contributed by atoms with Gasteiger partial charge in [0.05, 0.1) is 0 Å². The molecule has 0 saturated carbocycles. The molecule has 128 valence electrons. The highest BCUT2D eigenvalue weighted by molar-refractivity contribution is 5.89. The molecule has 0 radical (unpaired) electrons. The van der Waals surface area contributed by atoms with Crippen LogP contribution in [-0.4, -0.2) is 12.8 Å². The van der Waals surface area contributed by atoms with E-state index in [2.05, 4.69) is 66.3 Å². The lowest BCUT2D eigenvalue weighted by molar-refractivity contribution is 0.208. The van der Waals surface area contributed by atoms with Crippen molar-refractivity contribution in [2.75, 3.05) is 7.05 Å². The van der Waals surface area contributed by atoms with Gasteiger partial charge < -0.3 is 0 Å². The Bertz CT molecular complexity index is 385. The second-order valence-corrected chi connectivity index (χ2v) is 8.24. The molecule has 22 heavy (non-hydrogen) atoms. The summed E-state index contributed by atoms with van der Waals surface area (Å²) in [5.74, 6) is 5.38. The number of aliphatic imine (C=N–C) groups is 1. The fourth-order valence-corrected chi connectivity index (χ4v) is 4.17. The summed E-state index contributed by atoms with van der Waals surface area (Å²) in [5.41, 5.74) is 1.70. The van der Waals surface area contributed by atoms with Crippen molar-refractivity contribution >= 4 is 5.71 Å². The smallest absolute Gasteiger partial charge is 0.0300 e. The van der Waals surface area contributed by atoms with Gasteiger partial charge in [-0.3, -0.25) is 4.99 Å². The summed E-state index contributed by atoms with van der Waals surface area (Å²) in [4.78, 5) is 4.66. The summed E-state index contributed by atoms with van der Waals surface area (Å²) in [6, 6.07) is 0. The van der Waals surface area contributed by atoms with Crippen LogP contribution in [-0.2, 0) is 0 Å². The molecule has 0 saturated heterocycles. The predicted molar refractivity (Wildman–Crippen MR) is 101 cm³/mol. The Labute approximate surface area is 140 Å². The molecular formula is C21H39N. The van der Waals surface area contributed by atoms with E-state index in [1.807, 2.05) is 7.05 Å². The zero-order chi connectivity index (χ0) is 17.5. The normalized spacial score (nSPS) is 19.6. The van der Waals surface area contributed by atoms with Crippen molar-refractivity contribution in [3.63, 3.8) is 0 Å². The highest BCUT2D eigenvalue weighted by Crippen LogP contribution is 2.38. The fraction of sp³-hybridized carbons (Fsp3) is 0.857. The molecule has 4 atom stereocenters. The van der Waals surface area contributed by atoms with Crippen LogP contribution in [0.25, 0.3) is 0 Å². The first-order valence-corrected chi connectivity index (χ1v) is 9.04. The Balaban J connectivity index is 5.15. The van der Waals surface area contributed by atoms with Crippen LogP contribution in [0.15, 0.2) is 4.99 Å². The minimum atomic E-state index is 0.277. The van der Waals surface area contributed by atoms with Crippen LogP contribution >= 0.6 is 0 Å². The molecule has 0 spiro atoms. The number of hydrogen-bond acceptors (Lipinski definition) is 1. The van der Waals surface area contributed by atoms with E-state index in [4.69, 9.17) is 6.42 Å². The number of nitrogens with zero attached hydrogens (tertiary/aromatic N) is 1. The third-order valence-electron chi connectivity index (χ3n) is 5.23. The molecule has 0 aromatic heterocycles. The van der Waals surface area contributed by atoms with Crippen molar-refractivity contribution < 1.29 is 0 Å².